The minimum atomic E-state index is -0.457. The number of fused-ring (bicyclic) bond motifs is 1. The first-order valence-corrected chi connectivity index (χ1v) is 11.8. The van der Waals surface area contributed by atoms with Crippen LogP contribution in [-0.2, 0) is 24.3 Å². The Labute approximate surface area is 201 Å². The molecule has 0 bridgehead atoms. The summed E-state index contributed by atoms with van der Waals surface area (Å²) < 4.78 is 5.14. The first-order valence-electron chi connectivity index (χ1n) is 11.8. The van der Waals surface area contributed by atoms with Gasteiger partial charge < -0.3 is 9.88 Å². The third kappa shape index (κ3) is 5.39. The van der Waals surface area contributed by atoms with Crippen LogP contribution in [0.1, 0.15) is 45.9 Å². The normalized spacial score (nSPS) is 11.4. The number of unbranched alkanes of at least 4 members (excludes halogenated alkanes) is 1. The summed E-state index contributed by atoms with van der Waals surface area (Å²) in [5, 5.41) is 2.85. The van der Waals surface area contributed by atoms with Crippen LogP contribution in [0.15, 0.2) is 46.6 Å². The summed E-state index contributed by atoms with van der Waals surface area (Å²) in [6.07, 6.45) is 8.90. The molecule has 2 N–H and O–H groups in total. The Hall–Kier alpha value is -4.02. The number of H-pyrrole nitrogens is 1. The second-order valence-electron chi connectivity index (χ2n) is 8.89. The molecule has 11 heteroatoms. The first kappa shape index (κ1) is 24.1. The number of aromatic amines is 1. The molecule has 1 amide bonds. The van der Waals surface area contributed by atoms with Gasteiger partial charge in [0.2, 0.25) is 5.91 Å². The van der Waals surface area contributed by atoms with Gasteiger partial charge in [0, 0.05) is 38.3 Å². The van der Waals surface area contributed by atoms with E-state index in [1.807, 2.05) is 25.3 Å². The van der Waals surface area contributed by atoms with E-state index in [4.69, 9.17) is 0 Å². The third-order valence-corrected chi connectivity index (χ3v) is 5.62. The fourth-order valence-electron chi connectivity index (χ4n) is 3.95. The number of anilines is 1. The topological polar surface area (TPSA) is 132 Å². The second-order valence-corrected chi connectivity index (χ2v) is 8.89. The lowest BCUT2D eigenvalue weighted by atomic mass is 10.2. The van der Waals surface area contributed by atoms with Crippen molar-refractivity contribution in [1.29, 1.82) is 0 Å². The van der Waals surface area contributed by atoms with Gasteiger partial charge >= 0.3 is 5.69 Å². The average molecular weight is 479 g/mol. The molecule has 0 aromatic carbocycles. The molecule has 0 aliphatic carbocycles. The first-order chi connectivity index (χ1) is 16.9. The quantitative estimate of drug-likeness (QED) is 0.360. The zero-order chi connectivity index (χ0) is 24.9. The van der Waals surface area contributed by atoms with Crippen LogP contribution in [0, 0.1) is 5.92 Å². The number of carbonyl (C=O) groups is 1. The summed E-state index contributed by atoms with van der Waals surface area (Å²) in [4.78, 5) is 53.3. The van der Waals surface area contributed by atoms with Crippen molar-refractivity contribution < 1.29 is 4.79 Å². The van der Waals surface area contributed by atoms with Crippen LogP contribution in [0.2, 0.25) is 0 Å². The van der Waals surface area contributed by atoms with Crippen molar-refractivity contribution in [1.82, 2.24) is 33.6 Å². The van der Waals surface area contributed by atoms with E-state index in [-0.39, 0.29) is 18.2 Å². The van der Waals surface area contributed by atoms with Gasteiger partial charge in [0.1, 0.15) is 18.0 Å². The molecule has 0 spiro atoms. The fraction of sp³-hybridized carbons (Fsp3) is 0.417. The lowest BCUT2D eigenvalue weighted by Crippen LogP contribution is -2.31. The van der Waals surface area contributed by atoms with E-state index in [9.17, 15) is 14.4 Å². The molecule has 0 unspecified atom stereocenters. The monoisotopic (exact) mass is 478 g/mol. The van der Waals surface area contributed by atoms with Gasteiger partial charge in [-0.05, 0) is 24.5 Å². The van der Waals surface area contributed by atoms with Crippen LogP contribution in [0.5, 0.6) is 0 Å². The number of carbonyl (C=O) groups excluding carboxylic acids is 1. The Morgan fingerprint density at radius 2 is 2.03 bits per heavy atom. The highest BCUT2D eigenvalue weighted by atomic mass is 16.2. The Morgan fingerprint density at radius 3 is 2.69 bits per heavy atom. The largest absolute Gasteiger partial charge is 0.330 e. The summed E-state index contributed by atoms with van der Waals surface area (Å²) in [5.74, 6) is 1.36. The number of aromatic nitrogens is 7. The van der Waals surface area contributed by atoms with Crippen LogP contribution >= 0.6 is 0 Å². The van der Waals surface area contributed by atoms with Crippen LogP contribution in [0.3, 0.4) is 0 Å². The number of hydrogen-bond acceptors (Lipinski definition) is 6. The minimum absolute atomic E-state index is 0.168. The van der Waals surface area contributed by atoms with Crippen molar-refractivity contribution in [3.63, 3.8) is 0 Å². The predicted molar refractivity (Wildman–Crippen MR) is 133 cm³/mol. The average Bonchev–Trinajstić information content (AvgIpc) is 3.47. The van der Waals surface area contributed by atoms with E-state index < -0.39 is 11.2 Å². The van der Waals surface area contributed by atoms with Gasteiger partial charge in [0.15, 0.2) is 11.2 Å². The molecule has 0 saturated carbocycles. The Kier molecular flexibility index (Phi) is 7.23. The smallest absolute Gasteiger partial charge is 0.325 e. The fourth-order valence-corrected chi connectivity index (χ4v) is 3.95. The Balaban J connectivity index is 1.54. The molecule has 0 fully saturated rings. The molecule has 0 radical (unpaired) electrons. The van der Waals surface area contributed by atoms with Gasteiger partial charge in [-0.25, -0.2) is 19.7 Å². The molecule has 0 aliphatic heterocycles. The van der Waals surface area contributed by atoms with E-state index in [0.29, 0.717) is 48.0 Å². The number of aryl methyl sites for hydroxylation is 2. The maximum absolute atomic E-state index is 12.7. The molecule has 4 aromatic heterocycles. The summed E-state index contributed by atoms with van der Waals surface area (Å²) in [5.41, 5.74) is 0.429. The van der Waals surface area contributed by atoms with E-state index in [1.54, 1.807) is 41.6 Å². The molecule has 0 aliphatic rings. The molecular formula is C24H30N8O3. The highest BCUT2D eigenvalue weighted by molar-refractivity contribution is 5.90. The van der Waals surface area contributed by atoms with E-state index in [2.05, 4.69) is 25.3 Å². The predicted octanol–water partition coefficient (Wildman–Crippen LogP) is 2.49. The lowest BCUT2D eigenvalue weighted by Gasteiger charge is -2.11. The number of imidazole rings is 2. The van der Waals surface area contributed by atoms with Gasteiger partial charge in [-0.15, -0.1) is 0 Å². The standard InChI is InChI=1S/C24H30N8O3/c1-4-5-11-31-22-21(23(34)29-24(31)35)32(14-16(2)3)19(28-22)8-9-20(33)27-17-6-7-18(26-13-17)30-12-10-25-15-30/h6-7,10,12-13,15-16H,4-5,8-9,11,14H2,1-3H3,(H,27,33)(H,29,34,35). The molecule has 35 heavy (non-hydrogen) atoms. The van der Waals surface area contributed by atoms with Crippen molar-refractivity contribution in [2.75, 3.05) is 5.32 Å². The molecule has 4 rings (SSSR count). The maximum Gasteiger partial charge on any atom is 0.330 e. The van der Waals surface area contributed by atoms with Crippen LogP contribution in [0.25, 0.3) is 17.0 Å². The minimum Gasteiger partial charge on any atom is -0.325 e. The number of rotatable bonds is 10. The summed E-state index contributed by atoms with van der Waals surface area (Å²) in [6.45, 7) is 7.16. The zero-order valence-electron chi connectivity index (χ0n) is 20.2. The van der Waals surface area contributed by atoms with E-state index in [0.717, 1.165) is 12.8 Å². The van der Waals surface area contributed by atoms with Crippen LogP contribution < -0.4 is 16.6 Å². The molecule has 184 valence electrons. The number of nitrogens with zero attached hydrogens (tertiary/aromatic N) is 6. The summed E-state index contributed by atoms with van der Waals surface area (Å²) >= 11 is 0. The van der Waals surface area contributed by atoms with E-state index >= 15 is 0 Å². The van der Waals surface area contributed by atoms with E-state index in [1.165, 1.54) is 4.57 Å². The highest BCUT2D eigenvalue weighted by Crippen LogP contribution is 2.17. The van der Waals surface area contributed by atoms with Crippen molar-refractivity contribution in [3.05, 3.63) is 63.7 Å². The van der Waals surface area contributed by atoms with Crippen molar-refractivity contribution in [3.8, 4) is 5.82 Å². The third-order valence-electron chi connectivity index (χ3n) is 5.62. The molecule has 4 aromatic rings. The van der Waals surface area contributed by atoms with Crippen molar-refractivity contribution >= 4 is 22.8 Å². The Morgan fingerprint density at radius 1 is 1.20 bits per heavy atom. The highest BCUT2D eigenvalue weighted by Gasteiger charge is 2.20. The van der Waals surface area contributed by atoms with Gasteiger partial charge in [0.05, 0.1) is 11.9 Å². The number of amides is 1. The SMILES string of the molecule is CCCCn1c(=O)[nH]c(=O)c2c1nc(CCC(=O)Nc1ccc(-n3ccnc3)nc1)n2CC(C)C. The molecule has 0 atom stereocenters. The molecule has 11 nitrogen and oxygen atoms in total. The summed E-state index contributed by atoms with van der Waals surface area (Å²) in [6, 6.07) is 3.57. The van der Waals surface area contributed by atoms with Crippen LogP contribution in [-0.4, -0.2) is 39.5 Å². The number of hydrogen-bond donors (Lipinski definition) is 2. The van der Waals surface area contributed by atoms with Gasteiger partial charge in [0.25, 0.3) is 5.56 Å². The molecule has 0 saturated heterocycles. The number of nitrogens with one attached hydrogen (secondary N) is 2. The second kappa shape index (κ2) is 10.5. The molecule has 4 heterocycles. The van der Waals surface area contributed by atoms with Crippen LogP contribution in [0.4, 0.5) is 5.69 Å². The zero-order valence-corrected chi connectivity index (χ0v) is 20.2. The lowest BCUT2D eigenvalue weighted by molar-refractivity contribution is -0.116. The van der Waals surface area contributed by atoms with Crippen molar-refractivity contribution in [2.45, 2.75) is 59.5 Å². The summed E-state index contributed by atoms with van der Waals surface area (Å²) in [7, 11) is 0. The Bertz CT molecular complexity index is 1410. The molecular weight excluding hydrogens is 448 g/mol. The van der Waals surface area contributed by atoms with Gasteiger partial charge in [-0.2, -0.15) is 0 Å². The maximum atomic E-state index is 12.7. The van der Waals surface area contributed by atoms with Gasteiger partial charge in [-0.1, -0.05) is 27.2 Å². The van der Waals surface area contributed by atoms with Crippen molar-refractivity contribution in [2.24, 2.45) is 5.92 Å². The van der Waals surface area contributed by atoms with Gasteiger partial charge in [-0.3, -0.25) is 23.7 Å². The number of pyridine rings is 1.